The molecule has 24 heavy (non-hydrogen) atoms. The van der Waals surface area contributed by atoms with Gasteiger partial charge in [0.2, 0.25) is 6.41 Å². The number of halogens is 1. The molecule has 1 aliphatic rings. The highest BCUT2D eigenvalue weighted by atomic mass is 35.5. The molecule has 4 rings (SSSR count). The number of anilines is 3. The summed E-state index contributed by atoms with van der Waals surface area (Å²) in [5, 5.41) is 1.62. The molecule has 0 saturated carbocycles. The largest absolute Gasteiger partial charge is 0.325 e. The van der Waals surface area contributed by atoms with Gasteiger partial charge in [-0.3, -0.25) is 4.79 Å². The lowest BCUT2D eigenvalue weighted by molar-refractivity contribution is -0.107. The molecule has 5 nitrogen and oxygen atoms in total. The number of carbonyl (C=O) groups is 1. The predicted molar refractivity (Wildman–Crippen MR) is 96.2 cm³/mol. The van der Waals surface area contributed by atoms with E-state index < -0.39 is 0 Å². The van der Waals surface area contributed by atoms with Gasteiger partial charge in [-0.2, -0.15) is 0 Å². The fraction of sp³-hybridized carbons (Fsp3) is 0.167. The number of carbonyl (C=O) groups excluding carboxylic acids is 1. The first-order valence-electron chi connectivity index (χ1n) is 7.66. The summed E-state index contributed by atoms with van der Waals surface area (Å²) in [7, 11) is 1.72. The van der Waals surface area contributed by atoms with Crippen molar-refractivity contribution in [1.82, 2.24) is 9.97 Å². The molecule has 0 atom stereocenters. The summed E-state index contributed by atoms with van der Waals surface area (Å²) in [5.74, 6) is 0.835. The van der Waals surface area contributed by atoms with Crippen molar-refractivity contribution in [3.63, 3.8) is 0 Å². The molecule has 0 N–H and O–H groups in total. The molecule has 120 valence electrons. The molecular formula is C18H15ClN4O. The quantitative estimate of drug-likeness (QED) is 0.685. The molecule has 6 heteroatoms. The summed E-state index contributed by atoms with van der Waals surface area (Å²) in [6, 6.07) is 11.7. The standard InChI is InChI=1S/C18H15ClN4O/c1-22(11-24)14-4-5-16-15(9-14)18(21-10-20-16)23-7-6-12-2-3-13(19)8-17(12)23/h2-5,8-11H,6-7H2,1H3. The smallest absolute Gasteiger partial charge is 0.213 e. The lowest BCUT2D eigenvalue weighted by atomic mass is 10.1. The van der Waals surface area contributed by atoms with Gasteiger partial charge in [0, 0.05) is 35.4 Å². The highest BCUT2D eigenvalue weighted by molar-refractivity contribution is 6.31. The van der Waals surface area contributed by atoms with Gasteiger partial charge in [0.1, 0.15) is 12.1 Å². The Labute approximate surface area is 144 Å². The number of nitrogens with zero attached hydrogens (tertiary/aromatic N) is 4. The van der Waals surface area contributed by atoms with Crippen LogP contribution in [-0.2, 0) is 11.2 Å². The van der Waals surface area contributed by atoms with Crippen LogP contribution in [0.15, 0.2) is 42.7 Å². The zero-order chi connectivity index (χ0) is 16.7. The predicted octanol–water partition coefficient (Wildman–Crippen LogP) is 3.57. The summed E-state index contributed by atoms with van der Waals surface area (Å²) in [6.45, 7) is 0.843. The number of rotatable bonds is 3. The number of fused-ring (bicyclic) bond motifs is 2. The zero-order valence-electron chi connectivity index (χ0n) is 13.1. The molecule has 2 aromatic carbocycles. The van der Waals surface area contributed by atoms with E-state index in [0.29, 0.717) is 5.02 Å². The van der Waals surface area contributed by atoms with Gasteiger partial charge in [-0.05, 0) is 42.3 Å². The van der Waals surface area contributed by atoms with E-state index in [-0.39, 0.29) is 0 Å². The summed E-state index contributed by atoms with van der Waals surface area (Å²) in [4.78, 5) is 23.6. The summed E-state index contributed by atoms with van der Waals surface area (Å²) >= 11 is 6.18. The monoisotopic (exact) mass is 338 g/mol. The number of amides is 1. The summed E-state index contributed by atoms with van der Waals surface area (Å²) in [5.41, 5.74) is 3.99. The van der Waals surface area contributed by atoms with E-state index >= 15 is 0 Å². The molecule has 0 unspecified atom stereocenters. The third-order valence-electron chi connectivity index (χ3n) is 4.36. The number of aromatic nitrogens is 2. The Morgan fingerprint density at radius 1 is 1.21 bits per heavy atom. The third-order valence-corrected chi connectivity index (χ3v) is 4.60. The first kappa shape index (κ1) is 14.9. The molecule has 0 fully saturated rings. The molecule has 0 bridgehead atoms. The normalized spacial score (nSPS) is 13.2. The van der Waals surface area contributed by atoms with Crippen molar-refractivity contribution in [2.45, 2.75) is 6.42 Å². The maximum absolute atomic E-state index is 11.1. The highest BCUT2D eigenvalue weighted by Gasteiger charge is 2.23. The Balaban J connectivity index is 1.89. The second-order valence-electron chi connectivity index (χ2n) is 5.79. The van der Waals surface area contributed by atoms with E-state index in [1.54, 1.807) is 13.4 Å². The van der Waals surface area contributed by atoms with E-state index in [0.717, 1.165) is 47.5 Å². The van der Waals surface area contributed by atoms with E-state index in [4.69, 9.17) is 11.6 Å². The Morgan fingerprint density at radius 3 is 2.92 bits per heavy atom. The Morgan fingerprint density at radius 2 is 2.08 bits per heavy atom. The van der Waals surface area contributed by atoms with Gasteiger partial charge in [-0.15, -0.1) is 0 Å². The van der Waals surface area contributed by atoms with Gasteiger partial charge in [-0.25, -0.2) is 9.97 Å². The molecule has 1 amide bonds. The molecule has 0 spiro atoms. The summed E-state index contributed by atoms with van der Waals surface area (Å²) < 4.78 is 0. The number of hydrogen-bond acceptors (Lipinski definition) is 4. The molecule has 0 radical (unpaired) electrons. The van der Waals surface area contributed by atoms with Crippen LogP contribution in [0.5, 0.6) is 0 Å². The van der Waals surface area contributed by atoms with Gasteiger partial charge in [0.25, 0.3) is 0 Å². The van der Waals surface area contributed by atoms with Crippen LogP contribution >= 0.6 is 11.6 Å². The number of hydrogen-bond donors (Lipinski definition) is 0. The minimum Gasteiger partial charge on any atom is -0.325 e. The fourth-order valence-electron chi connectivity index (χ4n) is 3.10. The summed E-state index contributed by atoms with van der Waals surface area (Å²) in [6.07, 6.45) is 3.31. The average Bonchev–Trinajstić information content (AvgIpc) is 3.02. The van der Waals surface area contributed by atoms with E-state index in [9.17, 15) is 4.79 Å². The first-order valence-corrected chi connectivity index (χ1v) is 8.04. The van der Waals surface area contributed by atoms with Gasteiger partial charge in [0.05, 0.1) is 5.52 Å². The van der Waals surface area contributed by atoms with Gasteiger partial charge in [-0.1, -0.05) is 17.7 Å². The molecule has 1 aromatic heterocycles. The van der Waals surface area contributed by atoms with Crippen molar-refractivity contribution in [3.8, 4) is 0 Å². The van der Waals surface area contributed by atoms with Crippen LogP contribution in [0.4, 0.5) is 17.2 Å². The van der Waals surface area contributed by atoms with Crippen LogP contribution in [0, 0.1) is 0 Å². The second kappa shape index (κ2) is 5.76. The minimum absolute atomic E-state index is 0.709. The second-order valence-corrected chi connectivity index (χ2v) is 6.23. The van der Waals surface area contributed by atoms with Crippen LogP contribution in [0.25, 0.3) is 10.9 Å². The third kappa shape index (κ3) is 2.37. The molecule has 0 aliphatic carbocycles. The van der Waals surface area contributed by atoms with Crippen LogP contribution in [0.2, 0.25) is 5.02 Å². The lowest BCUT2D eigenvalue weighted by Gasteiger charge is -2.21. The average molecular weight is 339 g/mol. The highest BCUT2D eigenvalue weighted by Crippen LogP contribution is 2.38. The van der Waals surface area contributed by atoms with Crippen molar-refractivity contribution < 1.29 is 4.79 Å². The van der Waals surface area contributed by atoms with Gasteiger partial charge < -0.3 is 9.80 Å². The first-order chi connectivity index (χ1) is 11.7. The maximum Gasteiger partial charge on any atom is 0.213 e. The zero-order valence-corrected chi connectivity index (χ0v) is 13.9. The van der Waals surface area contributed by atoms with Crippen molar-refractivity contribution in [1.29, 1.82) is 0 Å². The molecule has 2 heterocycles. The van der Waals surface area contributed by atoms with E-state index in [2.05, 4.69) is 20.9 Å². The minimum atomic E-state index is 0.709. The van der Waals surface area contributed by atoms with Crippen LogP contribution in [0.1, 0.15) is 5.56 Å². The molecule has 3 aromatic rings. The van der Waals surface area contributed by atoms with Crippen molar-refractivity contribution >= 4 is 46.1 Å². The molecule has 0 saturated heterocycles. The van der Waals surface area contributed by atoms with Crippen LogP contribution in [0.3, 0.4) is 0 Å². The lowest BCUT2D eigenvalue weighted by Crippen LogP contribution is -2.16. The maximum atomic E-state index is 11.1. The Bertz CT molecular complexity index is 943. The van der Waals surface area contributed by atoms with Crippen LogP contribution in [-0.4, -0.2) is 30.0 Å². The van der Waals surface area contributed by atoms with Gasteiger partial charge >= 0.3 is 0 Å². The molecular weight excluding hydrogens is 324 g/mol. The van der Waals surface area contributed by atoms with Gasteiger partial charge in [0.15, 0.2) is 0 Å². The topological polar surface area (TPSA) is 49.3 Å². The Hall–Kier alpha value is -2.66. The van der Waals surface area contributed by atoms with Crippen molar-refractivity contribution in [3.05, 3.63) is 53.3 Å². The van der Waals surface area contributed by atoms with Crippen molar-refractivity contribution in [2.24, 2.45) is 0 Å². The van der Waals surface area contributed by atoms with E-state index in [1.807, 2.05) is 30.3 Å². The van der Waals surface area contributed by atoms with E-state index in [1.165, 1.54) is 10.5 Å². The van der Waals surface area contributed by atoms with Crippen LogP contribution < -0.4 is 9.80 Å². The SMILES string of the molecule is CN(C=O)c1ccc2ncnc(N3CCc4ccc(Cl)cc43)c2c1. The van der Waals surface area contributed by atoms with Crippen molar-refractivity contribution in [2.75, 3.05) is 23.4 Å². The fourth-order valence-corrected chi connectivity index (χ4v) is 3.27. The number of benzene rings is 2. The molecule has 1 aliphatic heterocycles. The Kier molecular flexibility index (Phi) is 3.58.